The van der Waals surface area contributed by atoms with Gasteiger partial charge < -0.3 is 18.9 Å². The van der Waals surface area contributed by atoms with Gasteiger partial charge in [-0.15, -0.1) is 0 Å². The number of esters is 1. The van der Waals surface area contributed by atoms with Crippen molar-refractivity contribution in [2.75, 3.05) is 58.3 Å². The van der Waals surface area contributed by atoms with Crippen molar-refractivity contribution in [1.82, 2.24) is 0 Å². The molecule has 10 heteroatoms. The molecule has 0 aliphatic carbocycles. The van der Waals surface area contributed by atoms with Crippen LogP contribution in [0.3, 0.4) is 0 Å². The number of carbonyl (C=O) groups is 2. The highest BCUT2D eigenvalue weighted by Crippen LogP contribution is 2.19. The van der Waals surface area contributed by atoms with Crippen LogP contribution in [-0.4, -0.2) is 83.2 Å². The molecule has 172 valence electrons. The van der Waals surface area contributed by atoms with E-state index in [0.717, 1.165) is 6.42 Å². The van der Waals surface area contributed by atoms with E-state index in [0.29, 0.717) is 52.1 Å². The maximum atomic E-state index is 11.8. The Balaban J connectivity index is 3.67. The summed E-state index contributed by atoms with van der Waals surface area (Å²) in [7, 11) is -1.97. The number of hydrogen-bond donors (Lipinski definition) is 1. The van der Waals surface area contributed by atoms with Crippen molar-refractivity contribution in [3.8, 4) is 0 Å². The summed E-state index contributed by atoms with van der Waals surface area (Å²) in [6.07, 6.45) is 2.59. The zero-order valence-electron chi connectivity index (χ0n) is 17.8. The molecule has 0 aromatic heterocycles. The molecule has 0 radical (unpaired) electrons. The Labute approximate surface area is 180 Å². The van der Waals surface area contributed by atoms with Gasteiger partial charge in [-0.05, 0) is 19.3 Å². The lowest BCUT2D eigenvalue weighted by atomic mass is 10.0. The van der Waals surface area contributed by atoms with E-state index in [9.17, 15) is 18.0 Å². The van der Waals surface area contributed by atoms with Crippen molar-refractivity contribution in [3.05, 3.63) is 0 Å². The third-order valence-electron chi connectivity index (χ3n) is 3.76. The van der Waals surface area contributed by atoms with E-state index in [1.807, 2.05) is 13.8 Å². The van der Waals surface area contributed by atoms with Crippen LogP contribution in [0.15, 0.2) is 0 Å². The molecule has 0 unspecified atom stereocenters. The lowest BCUT2D eigenvalue weighted by molar-refractivity contribution is -0.142. The van der Waals surface area contributed by atoms with Crippen molar-refractivity contribution >= 4 is 34.2 Å². The second kappa shape index (κ2) is 16.1. The molecule has 0 amide bonds. The first-order valence-corrected chi connectivity index (χ1v) is 12.1. The molecule has 0 aliphatic heterocycles. The number of hydrogen-bond acceptors (Lipinski definition) is 9. The van der Waals surface area contributed by atoms with Gasteiger partial charge in [-0.3, -0.25) is 9.59 Å². The van der Waals surface area contributed by atoms with Crippen molar-refractivity contribution in [2.24, 2.45) is 0 Å². The van der Waals surface area contributed by atoms with E-state index in [4.69, 9.17) is 18.9 Å². The minimum absolute atomic E-state index is 0.0176. The number of ether oxygens (including phenoxy) is 4. The summed E-state index contributed by atoms with van der Waals surface area (Å²) in [6.45, 7) is 5.62. The van der Waals surface area contributed by atoms with Crippen LogP contribution in [0.2, 0.25) is 0 Å². The maximum absolute atomic E-state index is 11.8. The Morgan fingerprint density at radius 1 is 0.897 bits per heavy atom. The third kappa shape index (κ3) is 20.4. The van der Waals surface area contributed by atoms with Gasteiger partial charge in [0.2, 0.25) is 0 Å². The van der Waals surface area contributed by atoms with Gasteiger partial charge >= 0.3 is 5.97 Å². The molecular formula is C19H36O8S2. The van der Waals surface area contributed by atoms with E-state index >= 15 is 0 Å². The second-order valence-corrected chi connectivity index (χ2v) is 10.7. The summed E-state index contributed by atoms with van der Waals surface area (Å²) in [4.78, 5) is 23.3. The highest BCUT2D eigenvalue weighted by Gasteiger charge is 2.17. The normalized spacial score (nSPS) is 12.1. The fraction of sp³-hybridized carbons (Fsp3) is 0.895. The van der Waals surface area contributed by atoms with E-state index < -0.39 is 21.6 Å². The van der Waals surface area contributed by atoms with Gasteiger partial charge in [-0.1, -0.05) is 13.8 Å². The minimum Gasteiger partial charge on any atom is -0.462 e. The molecule has 29 heavy (non-hydrogen) atoms. The number of ketones is 1. The fourth-order valence-corrected chi connectivity index (χ4v) is 3.43. The van der Waals surface area contributed by atoms with Gasteiger partial charge in [-0.25, -0.2) is 8.42 Å². The predicted molar refractivity (Wildman–Crippen MR) is 114 cm³/mol. The first kappa shape index (κ1) is 28.3. The maximum Gasteiger partial charge on any atom is 0.321 e. The van der Waals surface area contributed by atoms with Crippen molar-refractivity contribution in [3.63, 3.8) is 0 Å². The zero-order chi connectivity index (χ0) is 22.2. The Kier molecular flexibility index (Phi) is 15.7. The lowest BCUT2D eigenvalue weighted by Crippen LogP contribution is -2.23. The molecule has 0 rings (SSSR count). The average molecular weight is 457 g/mol. The SMILES string of the molecule is COCCOCCCS(=O)(=O)CC(=O)OCCOCCCC(=O)CCC(C)(C)S. The molecule has 8 nitrogen and oxygen atoms in total. The second-order valence-electron chi connectivity index (χ2n) is 7.34. The van der Waals surface area contributed by atoms with Crippen LogP contribution in [0, 0.1) is 0 Å². The number of sulfone groups is 1. The highest BCUT2D eigenvalue weighted by atomic mass is 32.2. The largest absolute Gasteiger partial charge is 0.462 e. The molecule has 0 spiro atoms. The predicted octanol–water partition coefficient (Wildman–Crippen LogP) is 1.85. The van der Waals surface area contributed by atoms with Crippen LogP contribution in [0.1, 0.15) is 46.0 Å². The standard InChI is InChI=1S/C19H36O8S2/c1-19(2,28)8-7-17(20)6-4-9-25-13-14-27-18(21)16-29(22,23)15-5-10-26-12-11-24-3/h28H,4-16H2,1-3H3. The topological polar surface area (TPSA) is 105 Å². The van der Waals surface area contributed by atoms with Gasteiger partial charge in [0.15, 0.2) is 9.84 Å². The summed E-state index contributed by atoms with van der Waals surface area (Å²) in [5.74, 6) is -1.40. The van der Waals surface area contributed by atoms with Crippen LogP contribution in [0.25, 0.3) is 0 Å². The Hall–Kier alpha value is -0.680. The first-order valence-electron chi connectivity index (χ1n) is 9.80. The van der Waals surface area contributed by atoms with Crippen molar-refractivity contribution in [2.45, 2.75) is 50.7 Å². The van der Waals surface area contributed by atoms with Crippen LogP contribution < -0.4 is 0 Å². The molecule has 0 bridgehead atoms. The molecule has 0 N–H and O–H groups in total. The van der Waals surface area contributed by atoms with Gasteiger partial charge in [0.25, 0.3) is 0 Å². The number of rotatable bonds is 19. The molecule has 0 atom stereocenters. The fourth-order valence-electron chi connectivity index (χ4n) is 2.18. The molecule has 0 heterocycles. The van der Waals surface area contributed by atoms with Crippen molar-refractivity contribution in [1.29, 1.82) is 0 Å². The third-order valence-corrected chi connectivity index (χ3v) is 5.57. The summed E-state index contributed by atoms with van der Waals surface area (Å²) in [5, 5.41) is 0. The minimum atomic E-state index is -3.52. The number of methoxy groups -OCH3 is 1. The Morgan fingerprint density at radius 2 is 1.52 bits per heavy atom. The Bertz CT molecular complexity index is 555. The zero-order valence-corrected chi connectivity index (χ0v) is 19.5. The lowest BCUT2D eigenvalue weighted by Gasteiger charge is -2.15. The molecular weight excluding hydrogens is 420 g/mol. The van der Waals surface area contributed by atoms with Gasteiger partial charge in [0, 0.05) is 37.9 Å². The summed E-state index contributed by atoms with van der Waals surface area (Å²) in [6, 6.07) is 0. The van der Waals surface area contributed by atoms with E-state index in [1.165, 1.54) is 0 Å². The van der Waals surface area contributed by atoms with E-state index in [-0.39, 0.29) is 29.5 Å². The number of carbonyl (C=O) groups excluding carboxylic acids is 2. The van der Waals surface area contributed by atoms with Gasteiger partial charge in [0.05, 0.1) is 25.6 Å². The molecule has 0 aromatic rings. The number of Topliss-reactive ketones (excluding diaryl/α,β-unsaturated/α-hetero) is 1. The monoisotopic (exact) mass is 456 g/mol. The summed E-state index contributed by atoms with van der Waals surface area (Å²) >= 11 is 4.39. The quantitative estimate of drug-likeness (QED) is 0.178. The van der Waals surface area contributed by atoms with E-state index in [2.05, 4.69) is 12.6 Å². The molecule has 0 saturated heterocycles. The highest BCUT2D eigenvalue weighted by molar-refractivity contribution is 7.92. The summed E-state index contributed by atoms with van der Waals surface area (Å²) < 4.78 is 43.7. The van der Waals surface area contributed by atoms with E-state index in [1.54, 1.807) is 7.11 Å². The first-order chi connectivity index (χ1) is 13.6. The van der Waals surface area contributed by atoms with Gasteiger partial charge in [-0.2, -0.15) is 12.6 Å². The van der Waals surface area contributed by atoms with Gasteiger partial charge in [0.1, 0.15) is 18.1 Å². The van der Waals surface area contributed by atoms with Crippen molar-refractivity contribution < 1.29 is 37.0 Å². The average Bonchev–Trinajstić information content (AvgIpc) is 2.61. The summed E-state index contributed by atoms with van der Waals surface area (Å²) in [5.41, 5.74) is 0. The van der Waals surface area contributed by atoms with Crippen LogP contribution in [0.5, 0.6) is 0 Å². The molecule has 0 saturated carbocycles. The Morgan fingerprint density at radius 3 is 2.14 bits per heavy atom. The van der Waals surface area contributed by atoms with Crippen LogP contribution in [-0.2, 0) is 38.4 Å². The molecule has 0 fully saturated rings. The molecule has 0 aliphatic rings. The van der Waals surface area contributed by atoms with Crippen LogP contribution >= 0.6 is 12.6 Å². The molecule has 0 aromatic carbocycles. The number of thiol groups is 1. The smallest absolute Gasteiger partial charge is 0.321 e. The van der Waals surface area contributed by atoms with Crippen LogP contribution in [0.4, 0.5) is 0 Å².